The van der Waals surface area contributed by atoms with Crippen LogP contribution in [-0.2, 0) is 17.6 Å². The van der Waals surface area contributed by atoms with E-state index >= 15 is 0 Å². The van der Waals surface area contributed by atoms with Crippen LogP contribution in [0.15, 0.2) is 24.3 Å². The Hall–Kier alpha value is -2.34. The Morgan fingerprint density at radius 2 is 2.22 bits per heavy atom. The van der Waals surface area contributed by atoms with Gasteiger partial charge in [0.1, 0.15) is 5.75 Å². The van der Waals surface area contributed by atoms with E-state index in [1.54, 1.807) is 36.5 Å². The average Bonchev–Trinajstić information content (AvgIpc) is 3.10. The molecule has 2 N–H and O–H groups in total. The summed E-state index contributed by atoms with van der Waals surface area (Å²) in [4.78, 5) is 26.1. The monoisotopic (exact) mass is 328 g/mol. The first kappa shape index (κ1) is 14.3. The van der Waals surface area contributed by atoms with Crippen LogP contribution in [0.1, 0.15) is 33.5 Å². The first-order chi connectivity index (χ1) is 11.1. The maximum atomic E-state index is 12.4. The smallest absolute Gasteiger partial charge is 0.265 e. The second kappa shape index (κ2) is 5.38. The van der Waals surface area contributed by atoms with E-state index in [4.69, 9.17) is 4.74 Å². The van der Waals surface area contributed by atoms with Gasteiger partial charge in [-0.3, -0.25) is 9.59 Å². The molecule has 0 fully saturated rings. The molecule has 1 atom stereocenters. The summed E-state index contributed by atoms with van der Waals surface area (Å²) in [7, 11) is 0. The van der Waals surface area contributed by atoms with Crippen molar-refractivity contribution in [2.24, 2.45) is 0 Å². The second-order valence-corrected chi connectivity index (χ2v) is 6.96. The largest absolute Gasteiger partial charge is 0.479 e. The van der Waals surface area contributed by atoms with Crippen LogP contribution in [0.5, 0.6) is 5.75 Å². The highest BCUT2D eigenvalue weighted by Crippen LogP contribution is 2.33. The van der Waals surface area contributed by atoms with E-state index in [1.807, 2.05) is 6.07 Å². The normalized spacial score (nSPS) is 18.7. The Bertz CT molecular complexity index is 791. The summed E-state index contributed by atoms with van der Waals surface area (Å²) in [6, 6.07) is 7.25. The summed E-state index contributed by atoms with van der Waals surface area (Å²) in [5.41, 5.74) is 2.53. The second-order valence-electron chi connectivity index (χ2n) is 5.83. The molecule has 6 heteroatoms. The minimum atomic E-state index is -0.503. The van der Waals surface area contributed by atoms with Gasteiger partial charge in [0.2, 0.25) is 0 Å². The van der Waals surface area contributed by atoms with Gasteiger partial charge in [0.15, 0.2) is 6.10 Å². The molecule has 0 saturated carbocycles. The van der Waals surface area contributed by atoms with Gasteiger partial charge in [-0.15, -0.1) is 11.3 Å². The van der Waals surface area contributed by atoms with Crippen molar-refractivity contribution in [2.45, 2.75) is 32.3 Å². The van der Waals surface area contributed by atoms with E-state index in [2.05, 4.69) is 10.6 Å². The molecule has 118 valence electrons. The van der Waals surface area contributed by atoms with Crippen LogP contribution in [0.4, 0.5) is 11.4 Å². The van der Waals surface area contributed by atoms with Crippen LogP contribution in [0.25, 0.3) is 0 Å². The van der Waals surface area contributed by atoms with Gasteiger partial charge in [0.25, 0.3) is 11.8 Å². The number of amides is 2. The van der Waals surface area contributed by atoms with E-state index in [1.165, 1.54) is 16.9 Å². The highest BCUT2D eigenvalue weighted by molar-refractivity contribution is 7.14. The molecular formula is C17H16N2O3S. The molecule has 4 rings (SSSR count). The zero-order chi connectivity index (χ0) is 16.0. The fourth-order valence-corrected chi connectivity index (χ4v) is 4.07. The number of thiophene rings is 1. The maximum absolute atomic E-state index is 12.4. The molecule has 1 aliphatic carbocycles. The van der Waals surface area contributed by atoms with Gasteiger partial charge >= 0.3 is 0 Å². The van der Waals surface area contributed by atoms with Crippen molar-refractivity contribution in [1.29, 1.82) is 0 Å². The molecule has 0 radical (unpaired) electrons. The number of aryl methyl sites for hydroxylation is 2. The average molecular weight is 328 g/mol. The first-order valence-corrected chi connectivity index (χ1v) is 8.46. The Kier molecular flexibility index (Phi) is 3.34. The van der Waals surface area contributed by atoms with E-state index in [-0.39, 0.29) is 11.8 Å². The topological polar surface area (TPSA) is 67.4 Å². The van der Waals surface area contributed by atoms with Gasteiger partial charge in [-0.05, 0) is 56.0 Å². The third-order valence-corrected chi connectivity index (χ3v) is 5.37. The van der Waals surface area contributed by atoms with Crippen molar-refractivity contribution >= 4 is 34.5 Å². The minimum Gasteiger partial charge on any atom is -0.479 e. The molecular weight excluding hydrogens is 312 g/mol. The molecule has 0 bridgehead atoms. The highest BCUT2D eigenvalue weighted by atomic mass is 32.1. The predicted molar refractivity (Wildman–Crippen MR) is 89.5 cm³/mol. The summed E-state index contributed by atoms with van der Waals surface area (Å²) in [6.07, 6.45) is 2.83. The predicted octanol–water partition coefficient (Wildman–Crippen LogP) is 3.21. The number of fused-ring (bicyclic) bond motifs is 2. The van der Waals surface area contributed by atoms with Gasteiger partial charge < -0.3 is 15.4 Å². The SMILES string of the molecule is C[C@H]1Oc2ccc(NC(=O)c3cc4c(s3)CCC4)cc2NC1=O. The Balaban J connectivity index is 1.53. The third kappa shape index (κ3) is 2.59. The fourth-order valence-electron chi connectivity index (χ4n) is 2.92. The summed E-state index contributed by atoms with van der Waals surface area (Å²) >= 11 is 1.57. The van der Waals surface area contributed by atoms with Crippen LogP contribution in [0, 0.1) is 0 Å². The Morgan fingerprint density at radius 3 is 3.04 bits per heavy atom. The molecule has 1 aromatic carbocycles. The fraction of sp³-hybridized carbons (Fsp3) is 0.294. The number of nitrogens with one attached hydrogen (secondary N) is 2. The van der Waals surface area contributed by atoms with E-state index in [9.17, 15) is 9.59 Å². The molecule has 2 aliphatic rings. The van der Waals surface area contributed by atoms with E-state index < -0.39 is 6.10 Å². The lowest BCUT2D eigenvalue weighted by molar-refractivity contribution is -0.122. The molecule has 0 unspecified atom stereocenters. The van der Waals surface area contributed by atoms with Gasteiger partial charge in [0, 0.05) is 10.6 Å². The van der Waals surface area contributed by atoms with Gasteiger partial charge in [-0.2, -0.15) is 0 Å². The number of ether oxygens (including phenoxy) is 1. The molecule has 5 nitrogen and oxygen atoms in total. The van der Waals surface area contributed by atoms with Crippen molar-refractivity contribution in [3.05, 3.63) is 39.6 Å². The summed E-state index contributed by atoms with van der Waals surface area (Å²) < 4.78 is 5.51. The van der Waals surface area contributed by atoms with Crippen LogP contribution < -0.4 is 15.4 Å². The number of carbonyl (C=O) groups excluding carboxylic acids is 2. The van der Waals surface area contributed by atoms with Crippen molar-refractivity contribution in [2.75, 3.05) is 10.6 Å². The molecule has 2 amide bonds. The zero-order valence-corrected chi connectivity index (χ0v) is 13.5. The Morgan fingerprint density at radius 1 is 1.35 bits per heavy atom. The lowest BCUT2D eigenvalue weighted by atomic mass is 10.2. The van der Waals surface area contributed by atoms with Crippen molar-refractivity contribution in [1.82, 2.24) is 0 Å². The number of anilines is 2. The van der Waals surface area contributed by atoms with Crippen molar-refractivity contribution in [3.63, 3.8) is 0 Å². The van der Waals surface area contributed by atoms with Crippen LogP contribution in [-0.4, -0.2) is 17.9 Å². The quantitative estimate of drug-likeness (QED) is 0.889. The van der Waals surface area contributed by atoms with Crippen molar-refractivity contribution in [3.8, 4) is 5.75 Å². The lowest BCUT2D eigenvalue weighted by Gasteiger charge is -2.23. The number of benzene rings is 1. The number of hydrogen-bond donors (Lipinski definition) is 2. The molecule has 2 aromatic rings. The van der Waals surface area contributed by atoms with Crippen LogP contribution in [0.2, 0.25) is 0 Å². The zero-order valence-electron chi connectivity index (χ0n) is 12.6. The summed E-state index contributed by atoms with van der Waals surface area (Å²) in [6.45, 7) is 1.70. The lowest BCUT2D eigenvalue weighted by Crippen LogP contribution is -2.34. The minimum absolute atomic E-state index is 0.110. The van der Waals surface area contributed by atoms with Crippen LogP contribution >= 0.6 is 11.3 Å². The molecule has 2 heterocycles. The molecule has 0 saturated heterocycles. The summed E-state index contributed by atoms with van der Waals surface area (Å²) in [5, 5.41) is 5.67. The molecule has 23 heavy (non-hydrogen) atoms. The summed E-state index contributed by atoms with van der Waals surface area (Å²) in [5.74, 6) is 0.321. The van der Waals surface area contributed by atoms with Gasteiger partial charge in [0.05, 0.1) is 10.6 Å². The van der Waals surface area contributed by atoms with Gasteiger partial charge in [-0.1, -0.05) is 0 Å². The number of rotatable bonds is 2. The van der Waals surface area contributed by atoms with E-state index in [0.717, 1.165) is 17.7 Å². The maximum Gasteiger partial charge on any atom is 0.265 e. The molecule has 1 aromatic heterocycles. The van der Waals surface area contributed by atoms with Crippen LogP contribution in [0.3, 0.4) is 0 Å². The number of hydrogen-bond acceptors (Lipinski definition) is 4. The number of carbonyl (C=O) groups is 2. The van der Waals surface area contributed by atoms with E-state index in [0.29, 0.717) is 17.1 Å². The first-order valence-electron chi connectivity index (χ1n) is 7.64. The van der Waals surface area contributed by atoms with Gasteiger partial charge in [-0.25, -0.2) is 0 Å². The molecule has 1 aliphatic heterocycles. The Labute approximate surface area is 137 Å². The third-order valence-electron chi connectivity index (χ3n) is 4.14. The highest BCUT2D eigenvalue weighted by Gasteiger charge is 2.24. The van der Waals surface area contributed by atoms with Crippen molar-refractivity contribution < 1.29 is 14.3 Å². The molecule has 0 spiro atoms. The standard InChI is InChI=1S/C17H16N2O3S/c1-9-16(20)19-12-8-11(5-6-13(12)22-9)18-17(21)15-7-10-3-2-4-14(10)23-15/h5-9H,2-4H2,1H3,(H,18,21)(H,19,20)/t9-/m1/s1.